The molecule has 5 nitrogen and oxygen atoms in total. The van der Waals surface area contributed by atoms with Gasteiger partial charge in [0, 0.05) is 19.6 Å². The van der Waals surface area contributed by atoms with Crippen molar-refractivity contribution in [2.75, 3.05) is 33.9 Å². The highest BCUT2D eigenvalue weighted by molar-refractivity contribution is 5.78. The first-order valence-corrected chi connectivity index (χ1v) is 7.86. The number of aliphatic hydroxyl groups excluding tert-OH is 1. The van der Waals surface area contributed by atoms with Crippen LogP contribution in [0.15, 0.2) is 24.3 Å². The number of benzene rings is 1. The van der Waals surface area contributed by atoms with Crippen LogP contribution >= 0.6 is 0 Å². The van der Waals surface area contributed by atoms with Gasteiger partial charge in [0.05, 0.1) is 20.3 Å². The molecule has 1 N–H and O–H groups in total. The van der Waals surface area contributed by atoms with Gasteiger partial charge in [-0.05, 0) is 37.1 Å². The largest absolute Gasteiger partial charge is 0.497 e. The van der Waals surface area contributed by atoms with Gasteiger partial charge in [-0.25, -0.2) is 0 Å². The van der Waals surface area contributed by atoms with Crippen LogP contribution in [0.1, 0.15) is 24.8 Å². The Labute approximate surface area is 132 Å². The highest BCUT2D eigenvalue weighted by Gasteiger charge is 2.24. The Bertz CT molecular complexity index is 493. The number of likely N-dealkylation sites (N-methyl/N-ethyl adjacent to an activating group) is 1. The van der Waals surface area contributed by atoms with Crippen LogP contribution in [0.5, 0.6) is 5.75 Å². The van der Waals surface area contributed by atoms with E-state index in [4.69, 9.17) is 4.74 Å². The highest BCUT2D eigenvalue weighted by atomic mass is 16.5. The zero-order valence-electron chi connectivity index (χ0n) is 13.5. The van der Waals surface area contributed by atoms with Crippen molar-refractivity contribution >= 4 is 5.91 Å². The standard InChI is InChI=1S/C17H26N2O3/c1-18(11-14-6-5-8-16(10-14)22-2)17(21)12-19-9-4-3-7-15(19)13-20/h5-6,8,10,15,20H,3-4,7,9,11-13H2,1-2H3. The van der Waals surface area contributed by atoms with Crippen molar-refractivity contribution in [2.45, 2.75) is 31.8 Å². The Morgan fingerprint density at radius 2 is 2.27 bits per heavy atom. The third-order valence-electron chi connectivity index (χ3n) is 4.28. The van der Waals surface area contributed by atoms with Gasteiger partial charge in [0.25, 0.3) is 0 Å². The summed E-state index contributed by atoms with van der Waals surface area (Å²) in [4.78, 5) is 16.2. The molecule has 1 saturated heterocycles. The fourth-order valence-corrected chi connectivity index (χ4v) is 2.90. The predicted molar refractivity (Wildman–Crippen MR) is 85.8 cm³/mol. The second kappa shape index (κ2) is 8.15. The Morgan fingerprint density at radius 1 is 1.45 bits per heavy atom. The third kappa shape index (κ3) is 4.45. The molecule has 1 fully saturated rings. The van der Waals surface area contributed by atoms with Gasteiger partial charge in [-0.3, -0.25) is 9.69 Å². The summed E-state index contributed by atoms with van der Waals surface area (Å²) in [5, 5.41) is 9.43. The molecule has 1 atom stereocenters. The van der Waals surface area contributed by atoms with Crippen LogP contribution in [-0.2, 0) is 11.3 Å². The number of carbonyl (C=O) groups is 1. The number of carbonyl (C=O) groups excluding carboxylic acids is 1. The van der Waals surface area contributed by atoms with Crippen LogP contribution in [0.4, 0.5) is 0 Å². The lowest BCUT2D eigenvalue weighted by Crippen LogP contribution is -2.47. The molecule has 0 spiro atoms. The van der Waals surface area contributed by atoms with Gasteiger partial charge >= 0.3 is 0 Å². The van der Waals surface area contributed by atoms with E-state index in [2.05, 4.69) is 4.90 Å². The first-order chi connectivity index (χ1) is 10.6. The van der Waals surface area contributed by atoms with Crippen molar-refractivity contribution in [3.05, 3.63) is 29.8 Å². The number of ether oxygens (including phenoxy) is 1. The maximum atomic E-state index is 12.4. The number of rotatable bonds is 6. The van der Waals surface area contributed by atoms with Gasteiger partial charge in [0.1, 0.15) is 5.75 Å². The number of piperidine rings is 1. The van der Waals surface area contributed by atoms with Crippen LogP contribution in [0.2, 0.25) is 0 Å². The summed E-state index contributed by atoms with van der Waals surface area (Å²) in [7, 11) is 3.46. The summed E-state index contributed by atoms with van der Waals surface area (Å²) in [6.07, 6.45) is 3.21. The molecule has 22 heavy (non-hydrogen) atoms. The number of hydrogen-bond acceptors (Lipinski definition) is 4. The van der Waals surface area contributed by atoms with Crippen LogP contribution in [-0.4, -0.2) is 60.7 Å². The summed E-state index contributed by atoms with van der Waals surface area (Å²) in [6, 6.07) is 7.89. The first-order valence-electron chi connectivity index (χ1n) is 7.86. The van der Waals surface area contributed by atoms with Crippen molar-refractivity contribution in [2.24, 2.45) is 0 Å². The van der Waals surface area contributed by atoms with Crippen molar-refractivity contribution in [3.8, 4) is 5.75 Å². The van der Waals surface area contributed by atoms with Gasteiger partial charge < -0.3 is 14.7 Å². The lowest BCUT2D eigenvalue weighted by Gasteiger charge is -2.34. The van der Waals surface area contributed by atoms with E-state index in [9.17, 15) is 9.90 Å². The fraction of sp³-hybridized carbons (Fsp3) is 0.588. The Kier molecular flexibility index (Phi) is 6.21. The van der Waals surface area contributed by atoms with E-state index in [1.54, 1.807) is 12.0 Å². The van der Waals surface area contributed by atoms with Crippen molar-refractivity contribution in [3.63, 3.8) is 0 Å². The molecule has 1 aliphatic rings. The van der Waals surface area contributed by atoms with E-state index < -0.39 is 0 Å². The number of nitrogens with zero attached hydrogens (tertiary/aromatic N) is 2. The zero-order chi connectivity index (χ0) is 15.9. The number of likely N-dealkylation sites (tertiary alicyclic amines) is 1. The lowest BCUT2D eigenvalue weighted by molar-refractivity contribution is -0.132. The average molecular weight is 306 g/mol. The van der Waals surface area contributed by atoms with Gasteiger partial charge in [-0.2, -0.15) is 0 Å². The molecular weight excluding hydrogens is 280 g/mol. The van der Waals surface area contributed by atoms with Gasteiger partial charge in [0.15, 0.2) is 0 Å². The highest BCUT2D eigenvalue weighted by Crippen LogP contribution is 2.17. The molecule has 0 aliphatic carbocycles. The molecule has 1 aliphatic heterocycles. The van der Waals surface area contributed by atoms with Gasteiger partial charge in [-0.1, -0.05) is 18.6 Å². The quantitative estimate of drug-likeness (QED) is 0.865. The summed E-state index contributed by atoms with van der Waals surface area (Å²) >= 11 is 0. The van der Waals surface area contributed by atoms with Crippen LogP contribution in [0.3, 0.4) is 0 Å². The zero-order valence-corrected chi connectivity index (χ0v) is 13.5. The molecule has 122 valence electrons. The summed E-state index contributed by atoms with van der Waals surface area (Å²) in [5.41, 5.74) is 1.05. The molecule has 1 aromatic rings. The molecule has 1 heterocycles. The van der Waals surface area contributed by atoms with E-state index in [0.29, 0.717) is 13.1 Å². The lowest BCUT2D eigenvalue weighted by atomic mass is 10.0. The van der Waals surface area contributed by atoms with E-state index >= 15 is 0 Å². The SMILES string of the molecule is COc1cccc(CN(C)C(=O)CN2CCCCC2CO)c1. The van der Waals surface area contributed by atoms with E-state index in [-0.39, 0.29) is 18.6 Å². The molecule has 1 aromatic carbocycles. The van der Waals surface area contributed by atoms with E-state index in [1.807, 2.05) is 31.3 Å². The Morgan fingerprint density at radius 3 is 3.00 bits per heavy atom. The predicted octanol–water partition coefficient (Wildman–Crippen LogP) is 1.50. The van der Waals surface area contributed by atoms with Crippen molar-refractivity contribution in [1.29, 1.82) is 0 Å². The fourth-order valence-electron chi connectivity index (χ4n) is 2.90. The second-order valence-corrected chi connectivity index (χ2v) is 5.90. The van der Waals surface area contributed by atoms with Crippen LogP contribution in [0.25, 0.3) is 0 Å². The minimum absolute atomic E-state index is 0.0863. The number of methoxy groups -OCH3 is 1. The molecule has 0 saturated carbocycles. The molecule has 0 aromatic heterocycles. The molecule has 5 heteroatoms. The second-order valence-electron chi connectivity index (χ2n) is 5.90. The summed E-state index contributed by atoms with van der Waals surface area (Å²) < 4.78 is 5.21. The van der Waals surface area contributed by atoms with Gasteiger partial charge in [-0.15, -0.1) is 0 Å². The molecular formula is C17H26N2O3. The maximum absolute atomic E-state index is 12.4. The van der Waals surface area contributed by atoms with Crippen molar-refractivity contribution in [1.82, 2.24) is 9.80 Å². The third-order valence-corrected chi connectivity index (χ3v) is 4.28. The maximum Gasteiger partial charge on any atom is 0.236 e. The van der Waals surface area contributed by atoms with E-state index in [0.717, 1.165) is 37.1 Å². The molecule has 1 amide bonds. The minimum atomic E-state index is 0.0863. The first kappa shape index (κ1) is 16.8. The number of hydrogen-bond donors (Lipinski definition) is 1. The van der Waals surface area contributed by atoms with Gasteiger partial charge in [0.2, 0.25) is 5.91 Å². The minimum Gasteiger partial charge on any atom is -0.497 e. The molecule has 0 radical (unpaired) electrons. The van der Waals surface area contributed by atoms with Crippen LogP contribution in [0, 0.1) is 0 Å². The smallest absolute Gasteiger partial charge is 0.236 e. The van der Waals surface area contributed by atoms with E-state index in [1.165, 1.54) is 0 Å². The van der Waals surface area contributed by atoms with Crippen LogP contribution < -0.4 is 4.74 Å². The monoisotopic (exact) mass is 306 g/mol. The normalized spacial score (nSPS) is 19.0. The molecule has 0 bridgehead atoms. The summed E-state index contributed by atoms with van der Waals surface area (Å²) in [5.74, 6) is 0.887. The van der Waals surface area contributed by atoms with Crippen molar-refractivity contribution < 1.29 is 14.6 Å². The Hall–Kier alpha value is -1.59. The number of amides is 1. The molecule has 1 unspecified atom stereocenters. The topological polar surface area (TPSA) is 53.0 Å². The Balaban J connectivity index is 1.90. The molecule has 2 rings (SSSR count). The summed E-state index contributed by atoms with van der Waals surface area (Å²) in [6.45, 7) is 1.97. The number of aliphatic hydroxyl groups is 1. The average Bonchev–Trinajstić information content (AvgIpc) is 2.55.